The molecule has 0 saturated carbocycles. The van der Waals surface area contributed by atoms with Gasteiger partial charge in [0.15, 0.2) is 17.5 Å². The summed E-state index contributed by atoms with van der Waals surface area (Å²) in [4.78, 5) is 26.7. The molecule has 2 aromatic carbocycles. The number of rotatable bonds is 9. The highest BCUT2D eigenvalue weighted by Crippen LogP contribution is 2.20. The highest BCUT2D eigenvalue weighted by molar-refractivity contribution is 7.99. The second kappa shape index (κ2) is 10.8. The van der Waals surface area contributed by atoms with Crippen LogP contribution in [-0.4, -0.2) is 35.6 Å². The Bertz CT molecular complexity index is 862. The first-order chi connectivity index (χ1) is 13.8. The summed E-state index contributed by atoms with van der Waals surface area (Å²) >= 11 is 1.38. The molecule has 0 spiro atoms. The molecule has 0 bridgehead atoms. The van der Waals surface area contributed by atoms with Crippen molar-refractivity contribution in [2.24, 2.45) is 0 Å². The lowest BCUT2D eigenvalue weighted by Crippen LogP contribution is -2.38. The number of thioether (sulfide) groups is 1. The number of hydrogen-bond acceptors (Lipinski definition) is 3. The van der Waals surface area contributed by atoms with Gasteiger partial charge in [0.05, 0.1) is 12.2 Å². The molecule has 0 aliphatic rings. The molecule has 0 atom stereocenters. The van der Waals surface area contributed by atoms with E-state index in [1.165, 1.54) is 28.8 Å². The third-order valence-electron chi connectivity index (χ3n) is 3.89. The first-order valence-corrected chi connectivity index (χ1v) is 9.89. The Balaban J connectivity index is 1.90. The molecule has 156 valence electrons. The summed E-state index contributed by atoms with van der Waals surface area (Å²) in [5, 5.41) is 2.15. The van der Waals surface area contributed by atoms with E-state index in [1.807, 2.05) is 6.92 Å². The minimum atomic E-state index is -1.68. The molecular weight excluding hydrogens is 408 g/mol. The maximum Gasteiger partial charge on any atom is 0.244 e. The van der Waals surface area contributed by atoms with Gasteiger partial charge < -0.3 is 10.2 Å². The summed E-state index contributed by atoms with van der Waals surface area (Å²) in [6.07, 6.45) is 0.749. The van der Waals surface area contributed by atoms with Crippen molar-refractivity contribution in [1.82, 2.24) is 4.90 Å². The van der Waals surface area contributed by atoms with Crippen molar-refractivity contribution in [3.05, 3.63) is 59.7 Å². The highest BCUT2D eigenvalue weighted by Gasteiger charge is 2.19. The van der Waals surface area contributed by atoms with Gasteiger partial charge in [-0.3, -0.25) is 9.59 Å². The number of anilines is 1. The topological polar surface area (TPSA) is 49.4 Å². The second-order valence-electron chi connectivity index (χ2n) is 6.14. The van der Waals surface area contributed by atoms with Crippen LogP contribution in [0.4, 0.5) is 23.2 Å². The first kappa shape index (κ1) is 22.7. The second-order valence-corrected chi connectivity index (χ2v) is 7.31. The molecule has 0 aliphatic carbocycles. The predicted molar refractivity (Wildman–Crippen MR) is 104 cm³/mol. The van der Waals surface area contributed by atoms with Crippen LogP contribution in [0.2, 0.25) is 0 Å². The van der Waals surface area contributed by atoms with Gasteiger partial charge in [0.25, 0.3) is 0 Å². The molecule has 0 aromatic heterocycles. The zero-order chi connectivity index (χ0) is 21.4. The minimum absolute atomic E-state index is 0.148. The largest absolute Gasteiger partial charge is 0.333 e. The predicted octanol–water partition coefficient (Wildman–Crippen LogP) is 4.60. The van der Waals surface area contributed by atoms with Crippen LogP contribution in [-0.2, 0) is 9.59 Å². The van der Waals surface area contributed by atoms with Crippen LogP contribution < -0.4 is 5.32 Å². The lowest BCUT2D eigenvalue weighted by atomic mass is 10.2. The third kappa shape index (κ3) is 6.77. The van der Waals surface area contributed by atoms with Crippen molar-refractivity contribution in [1.29, 1.82) is 0 Å². The fourth-order valence-corrected chi connectivity index (χ4v) is 3.33. The third-order valence-corrected chi connectivity index (χ3v) is 4.90. The summed E-state index contributed by atoms with van der Waals surface area (Å²) in [5.41, 5.74) is -0.496. The van der Waals surface area contributed by atoms with E-state index in [0.717, 1.165) is 11.0 Å². The Morgan fingerprint density at radius 3 is 2.34 bits per heavy atom. The van der Waals surface area contributed by atoms with Crippen molar-refractivity contribution in [2.45, 2.75) is 24.7 Å². The van der Waals surface area contributed by atoms with Crippen molar-refractivity contribution in [3.63, 3.8) is 0 Å². The van der Waals surface area contributed by atoms with Gasteiger partial charge in [0, 0.05) is 23.6 Å². The van der Waals surface area contributed by atoms with Crippen LogP contribution in [0.3, 0.4) is 0 Å². The Morgan fingerprint density at radius 1 is 1.00 bits per heavy atom. The molecule has 9 heteroatoms. The number of carbonyl (C=O) groups excluding carboxylic acids is 2. The van der Waals surface area contributed by atoms with Crippen LogP contribution in [0.25, 0.3) is 0 Å². The van der Waals surface area contributed by atoms with E-state index in [2.05, 4.69) is 5.32 Å². The van der Waals surface area contributed by atoms with Gasteiger partial charge in [-0.05, 0) is 42.8 Å². The zero-order valence-corrected chi connectivity index (χ0v) is 16.5. The van der Waals surface area contributed by atoms with Crippen molar-refractivity contribution < 1.29 is 27.2 Å². The van der Waals surface area contributed by atoms with E-state index in [9.17, 15) is 27.2 Å². The molecule has 0 heterocycles. The molecule has 2 rings (SSSR count). The maximum absolute atomic E-state index is 13.7. The van der Waals surface area contributed by atoms with Gasteiger partial charge in [-0.25, -0.2) is 17.6 Å². The van der Waals surface area contributed by atoms with E-state index < -0.39 is 29.0 Å². The van der Waals surface area contributed by atoms with Gasteiger partial charge in [-0.2, -0.15) is 0 Å². The number of halogens is 4. The maximum atomic E-state index is 13.7. The van der Waals surface area contributed by atoms with E-state index in [4.69, 9.17) is 0 Å². The van der Waals surface area contributed by atoms with Gasteiger partial charge in [0.1, 0.15) is 5.82 Å². The standard InChI is InChI=1S/C20H20F4N2O2S/c1-2-10-26(18(28)9-11-29-14-5-3-13(21)4-6-14)12-17(27)25-16-8-7-15(22)19(23)20(16)24/h3-8H,2,9-12H2,1H3,(H,25,27). The smallest absolute Gasteiger partial charge is 0.244 e. The van der Waals surface area contributed by atoms with E-state index in [1.54, 1.807) is 12.1 Å². The molecule has 29 heavy (non-hydrogen) atoms. The van der Waals surface area contributed by atoms with Crippen LogP contribution in [0.15, 0.2) is 41.3 Å². The van der Waals surface area contributed by atoms with Gasteiger partial charge >= 0.3 is 0 Å². The lowest BCUT2D eigenvalue weighted by molar-refractivity contribution is -0.134. The van der Waals surface area contributed by atoms with Crippen LogP contribution in [0, 0.1) is 23.3 Å². The van der Waals surface area contributed by atoms with E-state index in [-0.39, 0.29) is 24.7 Å². The number of amides is 2. The number of benzene rings is 2. The number of nitrogens with one attached hydrogen (secondary N) is 1. The summed E-state index contributed by atoms with van der Waals surface area (Å²) < 4.78 is 52.8. The van der Waals surface area contributed by atoms with Crippen molar-refractivity contribution in [3.8, 4) is 0 Å². The quantitative estimate of drug-likeness (QED) is 0.361. The first-order valence-electron chi connectivity index (χ1n) is 8.91. The molecule has 1 N–H and O–H groups in total. The van der Waals surface area contributed by atoms with Crippen LogP contribution in [0.5, 0.6) is 0 Å². The monoisotopic (exact) mass is 428 g/mol. The molecule has 0 radical (unpaired) electrons. The fourth-order valence-electron chi connectivity index (χ4n) is 2.49. The molecule has 2 amide bonds. The summed E-state index contributed by atoms with van der Waals surface area (Å²) in [7, 11) is 0. The summed E-state index contributed by atoms with van der Waals surface area (Å²) in [6, 6.07) is 7.49. The number of nitrogens with zero attached hydrogens (tertiary/aromatic N) is 1. The average molecular weight is 428 g/mol. The minimum Gasteiger partial charge on any atom is -0.333 e. The van der Waals surface area contributed by atoms with Gasteiger partial charge in [-0.1, -0.05) is 6.92 Å². The van der Waals surface area contributed by atoms with Crippen molar-refractivity contribution in [2.75, 3.05) is 24.2 Å². The molecule has 0 fully saturated rings. The Labute approximate surface area is 170 Å². The summed E-state index contributed by atoms with van der Waals surface area (Å²) in [5.74, 6) is -5.44. The van der Waals surface area contributed by atoms with E-state index in [0.29, 0.717) is 24.8 Å². The van der Waals surface area contributed by atoms with Gasteiger partial charge in [-0.15, -0.1) is 11.8 Å². The van der Waals surface area contributed by atoms with Crippen molar-refractivity contribution >= 4 is 29.3 Å². The number of hydrogen-bond donors (Lipinski definition) is 1. The molecule has 0 aliphatic heterocycles. The molecular formula is C20H20F4N2O2S. The fraction of sp³-hybridized carbons (Fsp3) is 0.300. The zero-order valence-electron chi connectivity index (χ0n) is 15.7. The van der Waals surface area contributed by atoms with Crippen LogP contribution in [0.1, 0.15) is 19.8 Å². The normalized spacial score (nSPS) is 10.7. The Hall–Kier alpha value is -2.55. The summed E-state index contributed by atoms with van der Waals surface area (Å²) in [6.45, 7) is 1.81. The Kier molecular flexibility index (Phi) is 8.50. The SMILES string of the molecule is CCCN(CC(=O)Nc1ccc(F)c(F)c1F)C(=O)CCSc1ccc(F)cc1. The highest BCUT2D eigenvalue weighted by atomic mass is 32.2. The lowest BCUT2D eigenvalue weighted by Gasteiger charge is -2.21. The van der Waals surface area contributed by atoms with Crippen LogP contribution >= 0.6 is 11.8 Å². The molecule has 2 aromatic rings. The number of carbonyl (C=O) groups is 2. The molecule has 4 nitrogen and oxygen atoms in total. The van der Waals surface area contributed by atoms with Gasteiger partial charge in [0.2, 0.25) is 11.8 Å². The molecule has 0 saturated heterocycles. The van der Waals surface area contributed by atoms with E-state index >= 15 is 0 Å². The molecule has 0 unspecified atom stereocenters. The Morgan fingerprint density at radius 2 is 1.69 bits per heavy atom. The average Bonchev–Trinajstić information content (AvgIpc) is 2.69.